The Labute approximate surface area is 82.5 Å². The highest BCUT2D eigenvalue weighted by molar-refractivity contribution is 4.76. The third-order valence-electron chi connectivity index (χ3n) is 3.32. The maximum Gasteiger partial charge on any atom is 0.00390 e. The van der Waals surface area contributed by atoms with Crippen molar-refractivity contribution >= 4 is 0 Å². The molecular formula is C11H24N2. The topological polar surface area (TPSA) is 29.3 Å². The van der Waals surface area contributed by atoms with Crippen LogP contribution in [-0.2, 0) is 0 Å². The van der Waals surface area contributed by atoms with Gasteiger partial charge in [-0.05, 0) is 52.5 Å². The van der Waals surface area contributed by atoms with Crippen molar-refractivity contribution in [1.82, 2.24) is 4.90 Å². The molecule has 1 rings (SSSR count). The van der Waals surface area contributed by atoms with Crippen LogP contribution in [0.4, 0.5) is 0 Å². The van der Waals surface area contributed by atoms with E-state index in [1.165, 1.54) is 32.2 Å². The second-order valence-corrected chi connectivity index (χ2v) is 4.81. The molecule has 0 aromatic heterocycles. The minimum absolute atomic E-state index is 0.487. The quantitative estimate of drug-likeness (QED) is 0.725. The Morgan fingerprint density at radius 3 is 2.23 bits per heavy atom. The molecule has 0 unspecified atom stereocenters. The van der Waals surface area contributed by atoms with Gasteiger partial charge in [0.15, 0.2) is 0 Å². The molecule has 0 aromatic rings. The van der Waals surface area contributed by atoms with Gasteiger partial charge in [-0.2, -0.15) is 0 Å². The molecule has 2 nitrogen and oxygen atoms in total. The van der Waals surface area contributed by atoms with E-state index in [4.69, 9.17) is 5.73 Å². The Morgan fingerprint density at radius 2 is 1.77 bits per heavy atom. The first-order valence-electron chi connectivity index (χ1n) is 5.55. The van der Waals surface area contributed by atoms with E-state index in [1.807, 2.05) is 0 Å². The molecule has 1 saturated carbocycles. The third-order valence-corrected chi connectivity index (χ3v) is 3.32. The van der Waals surface area contributed by atoms with Crippen LogP contribution in [0.5, 0.6) is 0 Å². The first-order chi connectivity index (χ1) is 6.09. The van der Waals surface area contributed by atoms with E-state index in [1.54, 1.807) is 0 Å². The lowest BCUT2D eigenvalue weighted by atomic mass is 9.86. The van der Waals surface area contributed by atoms with Crippen LogP contribution >= 0.6 is 0 Å². The molecule has 2 N–H and O–H groups in total. The molecule has 0 aromatic carbocycles. The summed E-state index contributed by atoms with van der Waals surface area (Å²) in [7, 11) is 2.22. The molecule has 0 saturated heterocycles. The zero-order chi connectivity index (χ0) is 9.84. The molecule has 1 fully saturated rings. The van der Waals surface area contributed by atoms with Gasteiger partial charge in [0.1, 0.15) is 0 Å². The molecule has 0 bridgehead atoms. The van der Waals surface area contributed by atoms with Gasteiger partial charge in [-0.15, -0.1) is 0 Å². The lowest BCUT2D eigenvalue weighted by Crippen LogP contribution is -2.35. The Kier molecular flexibility index (Phi) is 4.20. The molecule has 13 heavy (non-hydrogen) atoms. The first kappa shape index (κ1) is 11.0. The van der Waals surface area contributed by atoms with Crippen LogP contribution in [0, 0.1) is 5.92 Å². The minimum atomic E-state index is 0.487. The fourth-order valence-electron chi connectivity index (χ4n) is 1.99. The van der Waals surface area contributed by atoms with E-state index in [-0.39, 0.29) is 0 Å². The van der Waals surface area contributed by atoms with Crippen LogP contribution in [0.15, 0.2) is 0 Å². The number of nitrogens with zero attached hydrogens (tertiary/aromatic N) is 1. The summed E-state index contributed by atoms with van der Waals surface area (Å²) in [4.78, 5) is 2.45. The highest BCUT2D eigenvalue weighted by atomic mass is 15.1. The van der Waals surface area contributed by atoms with Crippen molar-refractivity contribution in [1.29, 1.82) is 0 Å². The van der Waals surface area contributed by atoms with Gasteiger partial charge in [0, 0.05) is 18.6 Å². The van der Waals surface area contributed by atoms with Crippen molar-refractivity contribution in [3.05, 3.63) is 0 Å². The highest BCUT2D eigenvalue weighted by Crippen LogP contribution is 2.23. The Hall–Kier alpha value is -0.0800. The molecule has 0 radical (unpaired) electrons. The number of hydrogen-bond acceptors (Lipinski definition) is 2. The van der Waals surface area contributed by atoms with Crippen molar-refractivity contribution in [2.24, 2.45) is 11.7 Å². The van der Waals surface area contributed by atoms with Gasteiger partial charge in [-0.1, -0.05) is 0 Å². The van der Waals surface area contributed by atoms with Crippen LogP contribution in [0.2, 0.25) is 0 Å². The first-order valence-corrected chi connectivity index (χ1v) is 5.55. The molecular weight excluding hydrogens is 160 g/mol. The normalized spacial score (nSPS) is 30.0. The lowest BCUT2D eigenvalue weighted by molar-refractivity contribution is 0.194. The molecule has 2 heteroatoms. The predicted octanol–water partition coefficient (Wildman–Crippen LogP) is 1.84. The second kappa shape index (κ2) is 4.97. The monoisotopic (exact) mass is 184 g/mol. The van der Waals surface area contributed by atoms with E-state index in [9.17, 15) is 0 Å². The summed E-state index contributed by atoms with van der Waals surface area (Å²) < 4.78 is 0. The van der Waals surface area contributed by atoms with Gasteiger partial charge in [0.05, 0.1) is 0 Å². The maximum atomic E-state index is 5.87. The van der Waals surface area contributed by atoms with Crippen molar-refractivity contribution in [2.75, 3.05) is 13.6 Å². The van der Waals surface area contributed by atoms with Crippen LogP contribution in [0.1, 0.15) is 39.5 Å². The Bertz CT molecular complexity index is 137. The summed E-state index contributed by atoms with van der Waals surface area (Å²) in [6, 6.07) is 1.16. The summed E-state index contributed by atoms with van der Waals surface area (Å²) in [5, 5.41) is 0. The zero-order valence-electron chi connectivity index (χ0n) is 9.29. The summed E-state index contributed by atoms with van der Waals surface area (Å²) in [5.41, 5.74) is 5.87. The minimum Gasteiger partial charge on any atom is -0.328 e. The number of nitrogens with two attached hydrogens (primary N) is 1. The summed E-state index contributed by atoms with van der Waals surface area (Å²) in [5.74, 6) is 0.896. The average Bonchev–Trinajstić information content (AvgIpc) is 2.08. The Morgan fingerprint density at radius 1 is 1.23 bits per heavy atom. The van der Waals surface area contributed by atoms with Gasteiger partial charge >= 0.3 is 0 Å². The lowest BCUT2D eigenvalue weighted by Gasteiger charge is -2.31. The average molecular weight is 184 g/mol. The van der Waals surface area contributed by atoms with Crippen LogP contribution < -0.4 is 5.73 Å². The highest BCUT2D eigenvalue weighted by Gasteiger charge is 2.20. The largest absolute Gasteiger partial charge is 0.328 e. The molecule has 0 heterocycles. The number of rotatable bonds is 3. The van der Waals surface area contributed by atoms with Crippen LogP contribution in [-0.4, -0.2) is 30.6 Å². The fraction of sp³-hybridized carbons (Fsp3) is 1.00. The Balaban J connectivity index is 2.22. The molecule has 1 aliphatic carbocycles. The molecule has 78 valence electrons. The molecule has 0 amide bonds. The SMILES string of the molecule is CC(C)N(C)C[C@H]1CC[C@H](N)CC1. The van der Waals surface area contributed by atoms with E-state index in [0.717, 1.165) is 5.92 Å². The molecule has 0 aliphatic heterocycles. The van der Waals surface area contributed by atoms with Crippen LogP contribution in [0.3, 0.4) is 0 Å². The molecule has 1 aliphatic rings. The van der Waals surface area contributed by atoms with Gasteiger partial charge in [-0.3, -0.25) is 0 Å². The summed E-state index contributed by atoms with van der Waals surface area (Å²) in [6.07, 6.45) is 5.13. The fourth-order valence-corrected chi connectivity index (χ4v) is 1.99. The smallest absolute Gasteiger partial charge is 0.00390 e. The van der Waals surface area contributed by atoms with Crippen molar-refractivity contribution < 1.29 is 0 Å². The van der Waals surface area contributed by atoms with E-state index in [2.05, 4.69) is 25.8 Å². The van der Waals surface area contributed by atoms with E-state index >= 15 is 0 Å². The van der Waals surface area contributed by atoms with Crippen molar-refractivity contribution in [3.8, 4) is 0 Å². The van der Waals surface area contributed by atoms with E-state index in [0.29, 0.717) is 12.1 Å². The molecule has 0 spiro atoms. The summed E-state index contributed by atoms with van der Waals surface area (Å²) >= 11 is 0. The van der Waals surface area contributed by atoms with Gasteiger partial charge in [-0.25, -0.2) is 0 Å². The number of hydrogen-bond donors (Lipinski definition) is 1. The zero-order valence-corrected chi connectivity index (χ0v) is 9.29. The summed E-state index contributed by atoms with van der Waals surface area (Å²) in [6.45, 7) is 5.77. The standard InChI is InChI=1S/C11H24N2/c1-9(2)13(3)8-10-4-6-11(12)7-5-10/h9-11H,4-8,12H2,1-3H3/t10-,11-. The van der Waals surface area contributed by atoms with E-state index < -0.39 is 0 Å². The second-order valence-electron chi connectivity index (χ2n) is 4.81. The predicted molar refractivity (Wildman–Crippen MR) is 57.7 cm³/mol. The van der Waals surface area contributed by atoms with Crippen molar-refractivity contribution in [2.45, 2.75) is 51.6 Å². The van der Waals surface area contributed by atoms with Gasteiger partial charge in [0.2, 0.25) is 0 Å². The van der Waals surface area contributed by atoms with Crippen molar-refractivity contribution in [3.63, 3.8) is 0 Å². The van der Waals surface area contributed by atoms with Crippen LogP contribution in [0.25, 0.3) is 0 Å². The van der Waals surface area contributed by atoms with Gasteiger partial charge < -0.3 is 10.6 Å². The third kappa shape index (κ3) is 3.65. The maximum absolute atomic E-state index is 5.87. The van der Waals surface area contributed by atoms with Gasteiger partial charge in [0.25, 0.3) is 0 Å². The molecule has 0 atom stereocenters.